The number of aryl methyl sites for hydroxylation is 2. The Morgan fingerprint density at radius 3 is 2.33 bits per heavy atom. The minimum absolute atomic E-state index is 0.184. The highest BCUT2D eigenvalue weighted by molar-refractivity contribution is 5.99. The largest absolute Gasteiger partial charge is 0.478 e. The minimum Gasteiger partial charge on any atom is -0.478 e. The molecule has 4 N–H and O–H groups in total. The molecule has 21 heavy (non-hydrogen) atoms. The van der Waals surface area contributed by atoms with Gasteiger partial charge < -0.3 is 16.2 Å². The first-order valence-electron chi connectivity index (χ1n) is 6.27. The molecule has 108 valence electrons. The van der Waals surface area contributed by atoms with Crippen LogP contribution in [0.1, 0.15) is 32.0 Å². The van der Waals surface area contributed by atoms with Gasteiger partial charge in [0.1, 0.15) is 5.82 Å². The van der Waals surface area contributed by atoms with Crippen LogP contribution in [0.4, 0.5) is 11.5 Å². The number of nitrogens with one attached hydrogen (secondary N) is 1. The first-order chi connectivity index (χ1) is 9.88. The van der Waals surface area contributed by atoms with Crippen LogP contribution in [0.25, 0.3) is 0 Å². The van der Waals surface area contributed by atoms with Crippen molar-refractivity contribution in [3.05, 3.63) is 52.7 Å². The molecule has 6 heteroatoms. The van der Waals surface area contributed by atoms with Gasteiger partial charge >= 0.3 is 5.97 Å². The first kappa shape index (κ1) is 14.5. The summed E-state index contributed by atoms with van der Waals surface area (Å²) in [6.45, 7) is 3.60. The number of pyridine rings is 1. The number of benzene rings is 1. The van der Waals surface area contributed by atoms with Gasteiger partial charge in [-0.05, 0) is 49.7 Å². The summed E-state index contributed by atoms with van der Waals surface area (Å²) in [6, 6.07) is 7.93. The quantitative estimate of drug-likeness (QED) is 0.799. The number of carboxylic acids is 1. The van der Waals surface area contributed by atoms with Gasteiger partial charge in [0.05, 0.1) is 11.1 Å². The number of anilines is 2. The van der Waals surface area contributed by atoms with E-state index in [1.807, 2.05) is 6.92 Å². The van der Waals surface area contributed by atoms with Gasteiger partial charge in [-0.3, -0.25) is 4.79 Å². The molecule has 1 heterocycles. The fourth-order valence-electron chi connectivity index (χ4n) is 2.07. The van der Waals surface area contributed by atoms with Gasteiger partial charge in [-0.25, -0.2) is 9.78 Å². The Morgan fingerprint density at radius 1 is 1.19 bits per heavy atom. The molecule has 0 bridgehead atoms. The van der Waals surface area contributed by atoms with E-state index in [-0.39, 0.29) is 5.56 Å². The molecule has 1 amide bonds. The number of amides is 1. The molecule has 1 aromatic carbocycles. The third kappa shape index (κ3) is 3.17. The number of nitrogens with two attached hydrogens (primary N) is 1. The number of carbonyl (C=O) groups excluding carboxylic acids is 1. The van der Waals surface area contributed by atoms with Gasteiger partial charge in [-0.15, -0.1) is 0 Å². The number of carboxylic acid groups (broad SMARTS) is 1. The van der Waals surface area contributed by atoms with Crippen molar-refractivity contribution in [3.63, 3.8) is 0 Å². The predicted molar refractivity (Wildman–Crippen MR) is 78.9 cm³/mol. The Morgan fingerprint density at radius 2 is 1.81 bits per heavy atom. The van der Waals surface area contributed by atoms with E-state index in [2.05, 4.69) is 10.3 Å². The van der Waals surface area contributed by atoms with Crippen molar-refractivity contribution < 1.29 is 14.7 Å². The van der Waals surface area contributed by atoms with E-state index in [0.717, 1.165) is 11.3 Å². The van der Waals surface area contributed by atoms with Crippen LogP contribution in [0.3, 0.4) is 0 Å². The smallest absolute Gasteiger partial charge is 0.335 e. The van der Waals surface area contributed by atoms with Crippen LogP contribution < -0.4 is 11.1 Å². The summed E-state index contributed by atoms with van der Waals surface area (Å²) < 4.78 is 0. The molecule has 0 aliphatic rings. The summed E-state index contributed by atoms with van der Waals surface area (Å²) in [4.78, 5) is 26.6. The lowest BCUT2D eigenvalue weighted by molar-refractivity contribution is 0.0696. The fourth-order valence-corrected chi connectivity index (χ4v) is 2.07. The number of carbonyl (C=O) groups is 2. The average molecular weight is 285 g/mol. The molecule has 2 rings (SSSR count). The Balaban J connectivity index is 2.39. The van der Waals surface area contributed by atoms with E-state index < -0.39 is 11.9 Å². The number of hydrogen-bond acceptors (Lipinski definition) is 4. The number of hydrogen-bond donors (Lipinski definition) is 3. The van der Waals surface area contributed by atoms with Gasteiger partial charge in [0, 0.05) is 11.4 Å². The van der Waals surface area contributed by atoms with E-state index in [1.165, 1.54) is 12.1 Å². The highest BCUT2D eigenvalue weighted by Crippen LogP contribution is 2.22. The van der Waals surface area contributed by atoms with Crippen molar-refractivity contribution in [2.24, 2.45) is 5.73 Å². The number of aromatic nitrogens is 1. The maximum absolute atomic E-state index is 11.6. The van der Waals surface area contributed by atoms with Crippen molar-refractivity contribution in [1.82, 2.24) is 4.98 Å². The van der Waals surface area contributed by atoms with Gasteiger partial charge in [0.25, 0.3) is 5.91 Å². The monoisotopic (exact) mass is 285 g/mol. The Labute approximate surface area is 121 Å². The summed E-state index contributed by atoms with van der Waals surface area (Å²) in [5, 5.41) is 11.9. The molecule has 0 atom stereocenters. The van der Waals surface area contributed by atoms with E-state index in [4.69, 9.17) is 10.8 Å². The van der Waals surface area contributed by atoms with Crippen molar-refractivity contribution >= 4 is 23.4 Å². The molecule has 0 aliphatic carbocycles. The molecule has 0 aliphatic heterocycles. The molecule has 0 fully saturated rings. The molecule has 0 radical (unpaired) electrons. The molecule has 2 aromatic rings. The normalized spacial score (nSPS) is 10.2. The third-order valence-corrected chi connectivity index (χ3v) is 2.99. The number of nitrogens with zero attached hydrogens (tertiary/aromatic N) is 1. The summed E-state index contributed by atoms with van der Waals surface area (Å²) in [5.74, 6) is -1.20. The Kier molecular flexibility index (Phi) is 3.89. The third-order valence-electron chi connectivity index (χ3n) is 2.99. The Bertz CT molecular complexity index is 709. The van der Waals surface area contributed by atoms with Crippen LogP contribution in [0, 0.1) is 13.8 Å². The first-order valence-corrected chi connectivity index (χ1v) is 6.27. The number of aromatic carboxylic acids is 1. The van der Waals surface area contributed by atoms with E-state index >= 15 is 0 Å². The summed E-state index contributed by atoms with van der Waals surface area (Å²) in [6.07, 6.45) is 0. The van der Waals surface area contributed by atoms with Gasteiger partial charge in [-0.2, -0.15) is 0 Å². The molecule has 1 aromatic heterocycles. The van der Waals surface area contributed by atoms with E-state index in [1.54, 1.807) is 25.1 Å². The van der Waals surface area contributed by atoms with Crippen molar-refractivity contribution in [1.29, 1.82) is 0 Å². The maximum Gasteiger partial charge on any atom is 0.335 e. The second kappa shape index (κ2) is 5.62. The van der Waals surface area contributed by atoms with Crippen LogP contribution in [0.2, 0.25) is 0 Å². The molecule has 6 nitrogen and oxygen atoms in total. The van der Waals surface area contributed by atoms with Crippen molar-refractivity contribution in [2.45, 2.75) is 13.8 Å². The lowest BCUT2D eigenvalue weighted by Gasteiger charge is -2.12. The summed E-state index contributed by atoms with van der Waals surface area (Å²) in [7, 11) is 0. The zero-order chi connectivity index (χ0) is 15.6. The summed E-state index contributed by atoms with van der Waals surface area (Å²) in [5.41, 5.74) is 8.01. The van der Waals surface area contributed by atoms with E-state index in [0.29, 0.717) is 17.1 Å². The SMILES string of the molecule is Cc1cc(C)c(C(N)=O)c(Nc2ccc(C(=O)O)cc2)n1. The second-order valence-corrected chi connectivity index (χ2v) is 4.68. The highest BCUT2D eigenvalue weighted by atomic mass is 16.4. The maximum atomic E-state index is 11.6. The molecule has 0 saturated heterocycles. The van der Waals surface area contributed by atoms with Crippen LogP contribution in [0.15, 0.2) is 30.3 Å². The standard InChI is InChI=1S/C15H15N3O3/c1-8-7-9(2)17-14(12(8)13(16)19)18-11-5-3-10(4-6-11)15(20)21/h3-7H,1-2H3,(H2,16,19)(H,17,18)(H,20,21). The molecular formula is C15H15N3O3. The second-order valence-electron chi connectivity index (χ2n) is 4.68. The van der Waals surface area contributed by atoms with Crippen molar-refractivity contribution in [2.75, 3.05) is 5.32 Å². The number of primary amides is 1. The highest BCUT2D eigenvalue weighted by Gasteiger charge is 2.14. The lowest BCUT2D eigenvalue weighted by Crippen LogP contribution is -2.16. The Hall–Kier alpha value is -2.89. The van der Waals surface area contributed by atoms with E-state index in [9.17, 15) is 9.59 Å². The molecule has 0 spiro atoms. The van der Waals surface area contributed by atoms with Crippen molar-refractivity contribution in [3.8, 4) is 0 Å². The van der Waals surface area contributed by atoms with Crippen LogP contribution in [-0.2, 0) is 0 Å². The molecule has 0 saturated carbocycles. The lowest BCUT2D eigenvalue weighted by atomic mass is 10.1. The zero-order valence-corrected chi connectivity index (χ0v) is 11.7. The van der Waals surface area contributed by atoms with Crippen LogP contribution in [-0.4, -0.2) is 22.0 Å². The van der Waals surface area contributed by atoms with Crippen LogP contribution >= 0.6 is 0 Å². The minimum atomic E-state index is -0.996. The average Bonchev–Trinajstić information content (AvgIpc) is 2.37. The summed E-state index contributed by atoms with van der Waals surface area (Å²) >= 11 is 0. The van der Waals surface area contributed by atoms with Gasteiger partial charge in [0.15, 0.2) is 0 Å². The predicted octanol–water partition coefficient (Wildman–Crippen LogP) is 2.24. The van der Waals surface area contributed by atoms with Gasteiger partial charge in [-0.1, -0.05) is 0 Å². The van der Waals surface area contributed by atoms with Gasteiger partial charge in [0.2, 0.25) is 0 Å². The van der Waals surface area contributed by atoms with Crippen LogP contribution in [0.5, 0.6) is 0 Å². The topological polar surface area (TPSA) is 105 Å². The molecular weight excluding hydrogens is 270 g/mol. The number of rotatable bonds is 4. The fraction of sp³-hybridized carbons (Fsp3) is 0.133. The molecule has 0 unspecified atom stereocenters. The zero-order valence-electron chi connectivity index (χ0n) is 11.7.